The zero-order valence-electron chi connectivity index (χ0n) is 9.46. The lowest BCUT2D eigenvalue weighted by molar-refractivity contribution is -0.123. The molecule has 3 N–H and O–H groups in total. The predicted molar refractivity (Wildman–Crippen MR) is 59.3 cm³/mol. The molecule has 1 rings (SSSR count). The molecule has 1 amide bonds. The third-order valence-corrected chi connectivity index (χ3v) is 1.78. The van der Waals surface area contributed by atoms with Gasteiger partial charge in [-0.2, -0.15) is 0 Å². The average Bonchev–Trinajstić information content (AvgIpc) is 1.99. The van der Waals surface area contributed by atoms with Gasteiger partial charge in [0.25, 0.3) is 0 Å². The van der Waals surface area contributed by atoms with Crippen molar-refractivity contribution in [1.29, 1.82) is 0 Å². The van der Waals surface area contributed by atoms with Crippen LogP contribution in [0.5, 0.6) is 0 Å². The van der Waals surface area contributed by atoms with Crippen molar-refractivity contribution in [2.45, 2.75) is 27.7 Å². The van der Waals surface area contributed by atoms with Crippen molar-refractivity contribution >= 4 is 17.5 Å². The SMILES string of the molecule is Cc1nc(N)cc(NC(=O)C(C)(C)C)n1. The lowest BCUT2D eigenvalue weighted by Crippen LogP contribution is -2.28. The van der Waals surface area contributed by atoms with Gasteiger partial charge in [-0.05, 0) is 6.92 Å². The zero-order chi connectivity index (χ0) is 11.6. The molecule has 0 aliphatic heterocycles. The number of anilines is 2. The van der Waals surface area contributed by atoms with Crippen molar-refractivity contribution in [2.75, 3.05) is 11.1 Å². The maximum absolute atomic E-state index is 11.6. The van der Waals surface area contributed by atoms with Crippen molar-refractivity contribution in [3.05, 3.63) is 11.9 Å². The van der Waals surface area contributed by atoms with Gasteiger partial charge >= 0.3 is 0 Å². The van der Waals surface area contributed by atoms with Crippen molar-refractivity contribution in [3.8, 4) is 0 Å². The minimum absolute atomic E-state index is 0.0972. The van der Waals surface area contributed by atoms with Crippen LogP contribution in [0.15, 0.2) is 6.07 Å². The molecule has 5 nitrogen and oxygen atoms in total. The number of carbonyl (C=O) groups is 1. The highest BCUT2D eigenvalue weighted by Gasteiger charge is 2.21. The second-order valence-electron chi connectivity index (χ2n) is 4.43. The Hall–Kier alpha value is -1.65. The third kappa shape index (κ3) is 3.19. The molecule has 0 fully saturated rings. The van der Waals surface area contributed by atoms with E-state index in [1.165, 1.54) is 6.07 Å². The Kier molecular flexibility index (Phi) is 2.93. The van der Waals surface area contributed by atoms with Crippen LogP contribution >= 0.6 is 0 Å². The van der Waals surface area contributed by atoms with Gasteiger partial charge in [0.1, 0.15) is 17.5 Å². The Bertz CT molecular complexity index is 361. The van der Waals surface area contributed by atoms with Gasteiger partial charge in [-0.15, -0.1) is 0 Å². The molecule has 5 heteroatoms. The van der Waals surface area contributed by atoms with Crippen LogP contribution in [0.1, 0.15) is 26.6 Å². The van der Waals surface area contributed by atoms with E-state index in [9.17, 15) is 4.79 Å². The second-order valence-corrected chi connectivity index (χ2v) is 4.43. The van der Waals surface area contributed by atoms with Crippen LogP contribution in [0.2, 0.25) is 0 Å². The van der Waals surface area contributed by atoms with Gasteiger partial charge in [-0.3, -0.25) is 4.79 Å². The molecule has 0 aliphatic carbocycles. The first-order valence-corrected chi connectivity index (χ1v) is 4.71. The molecule has 82 valence electrons. The van der Waals surface area contributed by atoms with Gasteiger partial charge in [0.05, 0.1) is 0 Å². The van der Waals surface area contributed by atoms with Crippen molar-refractivity contribution in [2.24, 2.45) is 5.41 Å². The van der Waals surface area contributed by atoms with Gasteiger partial charge in [-0.25, -0.2) is 9.97 Å². The number of nitrogens with two attached hydrogens (primary N) is 1. The minimum Gasteiger partial charge on any atom is -0.384 e. The lowest BCUT2D eigenvalue weighted by Gasteiger charge is -2.17. The van der Waals surface area contributed by atoms with Crippen LogP contribution in [0.4, 0.5) is 11.6 Å². The zero-order valence-corrected chi connectivity index (χ0v) is 9.46. The summed E-state index contributed by atoms with van der Waals surface area (Å²) in [7, 11) is 0. The van der Waals surface area contributed by atoms with Gasteiger partial charge in [0.15, 0.2) is 0 Å². The smallest absolute Gasteiger partial charge is 0.230 e. The molecular formula is C10H16N4O. The van der Waals surface area contributed by atoms with Gasteiger partial charge in [0, 0.05) is 11.5 Å². The number of aromatic nitrogens is 2. The molecule has 0 aliphatic rings. The Labute approximate surface area is 89.1 Å². The predicted octanol–water partition coefficient (Wildman–Crippen LogP) is 1.35. The maximum Gasteiger partial charge on any atom is 0.230 e. The summed E-state index contributed by atoms with van der Waals surface area (Å²) in [5.41, 5.74) is 5.09. The molecule has 0 bridgehead atoms. The van der Waals surface area contributed by atoms with Crippen LogP contribution in [0, 0.1) is 12.3 Å². The minimum atomic E-state index is -0.451. The van der Waals surface area contributed by atoms with Crippen molar-refractivity contribution in [1.82, 2.24) is 9.97 Å². The molecule has 0 aromatic carbocycles. The standard InChI is InChI=1S/C10H16N4O/c1-6-12-7(11)5-8(13-6)14-9(15)10(2,3)4/h5H,1-4H3,(H3,11,12,13,14,15). The summed E-state index contributed by atoms with van der Waals surface area (Å²) in [6, 6.07) is 1.54. The summed E-state index contributed by atoms with van der Waals surface area (Å²) in [5, 5.41) is 2.69. The van der Waals surface area contributed by atoms with Gasteiger partial charge < -0.3 is 11.1 Å². The highest BCUT2D eigenvalue weighted by atomic mass is 16.2. The number of hydrogen-bond acceptors (Lipinski definition) is 4. The molecule has 0 radical (unpaired) electrons. The molecule has 1 aromatic rings. The van der Waals surface area contributed by atoms with Crippen LogP contribution < -0.4 is 11.1 Å². The number of nitrogens with one attached hydrogen (secondary N) is 1. The Morgan fingerprint density at radius 1 is 1.40 bits per heavy atom. The van der Waals surface area contributed by atoms with E-state index in [-0.39, 0.29) is 5.91 Å². The van der Waals surface area contributed by atoms with E-state index in [1.807, 2.05) is 20.8 Å². The quantitative estimate of drug-likeness (QED) is 0.730. The number of rotatable bonds is 1. The Morgan fingerprint density at radius 3 is 2.47 bits per heavy atom. The first kappa shape index (κ1) is 11.4. The summed E-state index contributed by atoms with van der Waals surface area (Å²) in [5.74, 6) is 1.24. The monoisotopic (exact) mass is 208 g/mol. The van der Waals surface area contributed by atoms with Crippen LogP contribution in [0.3, 0.4) is 0 Å². The number of hydrogen-bond donors (Lipinski definition) is 2. The third-order valence-electron chi connectivity index (χ3n) is 1.78. The van der Waals surface area contributed by atoms with E-state index >= 15 is 0 Å². The van der Waals surface area contributed by atoms with Crippen LogP contribution in [0.25, 0.3) is 0 Å². The van der Waals surface area contributed by atoms with E-state index in [0.717, 1.165) is 0 Å². The van der Waals surface area contributed by atoms with E-state index in [1.54, 1.807) is 6.92 Å². The first-order valence-electron chi connectivity index (χ1n) is 4.71. The van der Waals surface area contributed by atoms with Gasteiger partial charge in [0.2, 0.25) is 5.91 Å². The average molecular weight is 208 g/mol. The highest BCUT2D eigenvalue weighted by molar-refractivity contribution is 5.93. The molecule has 0 atom stereocenters. The largest absolute Gasteiger partial charge is 0.384 e. The van der Waals surface area contributed by atoms with Crippen molar-refractivity contribution < 1.29 is 4.79 Å². The summed E-state index contributed by atoms with van der Waals surface area (Å²) >= 11 is 0. The topological polar surface area (TPSA) is 80.9 Å². The summed E-state index contributed by atoms with van der Waals surface area (Å²) in [4.78, 5) is 19.6. The number of amides is 1. The number of aryl methyl sites for hydroxylation is 1. The summed E-state index contributed by atoms with van der Waals surface area (Å²) in [6.07, 6.45) is 0. The Morgan fingerprint density at radius 2 is 2.00 bits per heavy atom. The summed E-state index contributed by atoms with van der Waals surface area (Å²) in [6.45, 7) is 7.22. The molecule has 0 spiro atoms. The molecule has 0 unspecified atom stereocenters. The highest BCUT2D eigenvalue weighted by Crippen LogP contribution is 2.16. The van der Waals surface area contributed by atoms with Crippen LogP contribution in [-0.2, 0) is 4.79 Å². The normalized spacial score (nSPS) is 11.2. The molecule has 15 heavy (non-hydrogen) atoms. The Balaban J connectivity index is 2.86. The fourth-order valence-corrected chi connectivity index (χ4v) is 0.959. The van der Waals surface area contributed by atoms with Gasteiger partial charge in [-0.1, -0.05) is 20.8 Å². The summed E-state index contributed by atoms with van der Waals surface area (Å²) < 4.78 is 0. The second kappa shape index (κ2) is 3.84. The molecular weight excluding hydrogens is 192 g/mol. The molecule has 1 aromatic heterocycles. The van der Waals surface area contributed by atoms with Crippen LogP contribution in [-0.4, -0.2) is 15.9 Å². The van der Waals surface area contributed by atoms with E-state index in [4.69, 9.17) is 5.73 Å². The van der Waals surface area contributed by atoms with E-state index < -0.39 is 5.41 Å². The fraction of sp³-hybridized carbons (Fsp3) is 0.500. The maximum atomic E-state index is 11.6. The number of carbonyl (C=O) groups excluding carboxylic acids is 1. The molecule has 0 saturated heterocycles. The number of nitrogen functional groups attached to an aromatic ring is 1. The van der Waals surface area contributed by atoms with Crippen molar-refractivity contribution in [3.63, 3.8) is 0 Å². The molecule has 0 saturated carbocycles. The van der Waals surface area contributed by atoms with E-state index in [0.29, 0.717) is 17.5 Å². The number of nitrogens with zero attached hydrogens (tertiary/aromatic N) is 2. The fourth-order valence-electron chi connectivity index (χ4n) is 0.959. The molecule has 1 heterocycles. The first-order chi connectivity index (χ1) is 6.79. The van der Waals surface area contributed by atoms with E-state index in [2.05, 4.69) is 15.3 Å². The lowest BCUT2D eigenvalue weighted by atomic mass is 9.96.